The quantitative estimate of drug-likeness (QED) is 0.0911. The largest absolute Gasteiger partial charge is 0.458 e. The van der Waals surface area contributed by atoms with Gasteiger partial charge in [0, 0.05) is 11.8 Å². The Labute approximate surface area is 308 Å². The van der Waals surface area contributed by atoms with Crippen LogP contribution in [0.25, 0.3) is 0 Å². The number of nitrogens with zero attached hydrogens (tertiary/aromatic N) is 3. The molecule has 0 radical (unpaired) electrons. The van der Waals surface area contributed by atoms with Gasteiger partial charge >= 0.3 is 18.0 Å². The van der Waals surface area contributed by atoms with Crippen LogP contribution in [0.3, 0.4) is 0 Å². The molecule has 0 saturated carbocycles. The third-order valence-corrected chi connectivity index (χ3v) is 8.01. The summed E-state index contributed by atoms with van der Waals surface area (Å²) in [5, 5.41) is 20.1. The van der Waals surface area contributed by atoms with Crippen molar-refractivity contribution in [1.82, 2.24) is 15.2 Å². The highest BCUT2D eigenvalue weighted by Gasteiger charge is 2.53. The number of nitrogens with one attached hydrogen (secondary N) is 2. The molecule has 52 heavy (non-hydrogen) atoms. The van der Waals surface area contributed by atoms with E-state index in [0.29, 0.717) is 5.56 Å². The fraction of sp³-hybridized carbons (Fsp3) is 0.583. The molecule has 3 rings (SSSR count). The van der Waals surface area contributed by atoms with Gasteiger partial charge in [0.2, 0.25) is 11.5 Å². The van der Waals surface area contributed by atoms with Crippen molar-refractivity contribution >= 4 is 52.0 Å². The van der Waals surface area contributed by atoms with Crippen molar-refractivity contribution in [1.29, 1.82) is 0 Å². The minimum absolute atomic E-state index is 0.0258. The fourth-order valence-electron chi connectivity index (χ4n) is 4.66. The third kappa shape index (κ3) is 11.5. The molecular weight excluding hydrogens is 694 g/mol. The zero-order valence-corrected chi connectivity index (χ0v) is 32.8. The number of likely N-dealkylation sites (tertiary alicyclic amines) is 1. The summed E-state index contributed by atoms with van der Waals surface area (Å²) in [6.45, 7) is 19.6. The minimum Gasteiger partial charge on any atom is -0.458 e. The number of esters is 2. The molecule has 0 aliphatic carbocycles. The number of hydrogen-bond acceptors (Lipinski definition) is 13. The number of aromatic nitrogens is 1. The molecule has 15 nitrogen and oxygen atoms in total. The summed E-state index contributed by atoms with van der Waals surface area (Å²) in [5.74, 6) is -2.79. The van der Waals surface area contributed by atoms with E-state index in [9.17, 15) is 29.1 Å². The number of anilines is 1. The lowest BCUT2D eigenvalue weighted by molar-refractivity contribution is -0.180. The van der Waals surface area contributed by atoms with Crippen LogP contribution in [0.4, 0.5) is 9.93 Å². The monoisotopic (exact) mass is 745 g/mol. The Morgan fingerprint density at radius 1 is 0.865 bits per heavy atom. The van der Waals surface area contributed by atoms with Crippen molar-refractivity contribution < 1.29 is 48.1 Å². The number of ether oxygens (including phenoxy) is 3. The van der Waals surface area contributed by atoms with Gasteiger partial charge in [-0.05, 0) is 94.2 Å². The second-order valence-electron chi connectivity index (χ2n) is 16.1. The van der Waals surface area contributed by atoms with Crippen molar-refractivity contribution in [2.45, 2.75) is 130 Å². The first kappa shape index (κ1) is 41.8. The molecule has 1 aromatic carbocycles. The Morgan fingerprint density at radius 3 is 1.92 bits per heavy atom. The molecule has 286 valence electrons. The van der Waals surface area contributed by atoms with Gasteiger partial charge in [-0.3, -0.25) is 14.9 Å². The van der Waals surface area contributed by atoms with Crippen molar-refractivity contribution in [2.75, 3.05) is 11.9 Å². The number of hydrogen-bond donors (Lipinski definition) is 3. The second-order valence-corrected chi connectivity index (χ2v) is 17.0. The Kier molecular flexibility index (Phi) is 12.5. The highest BCUT2D eigenvalue weighted by molar-refractivity contribution is 7.14. The van der Waals surface area contributed by atoms with Gasteiger partial charge in [0.05, 0.1) is 13.2 Å². The maximum atomic E-state index is 13.8. The zero-order valence-electron chi connectivity index (χ0n) is 32.0. The number of carbonyl (C=O) groups is 5. The number of aliphatic hydroxyl groups is 1. The summed E-state index contributed by atoms with van der Waals surface area (Å²) in [6, 6.07) is 5.92. The van der Waals surface area contributed by atoms with Gasteiger partial charge < -0.3 is 34.4 Å². The maximum absolute atomic E-state index is 13.8. The van der Waals surface area contributed by atoms with E-state index in [0.717, 1.165) is 16.9 Å². The van der Waals surface area contributed by atoms with Crippen LogP contribution in [-0.2, 0) is 51.3 Å². The van der Waals surface area contributed by atoms with Crippen LogP contribution < -0.4 is 10.6 Å². The van der Waals surface area contributed by atoms with Crippen molar-refractivity contribution in [3.63, 3.8) is 0 Å². The molecule has 1 aromatic heterocycles. The third-order valence-electron chi connectivity index (χ3n) is 7.25. The van der Waals surface area contributed by atoms with Gasteiger partial charge in [-0.25, -0.2) is 19.4 Å². The topological polar surface area (TPSA) is 195 Å². The second kappa shape index (κ2) is 15.6. The smallest absolute Gasteiger partial charge is 0.413 e. The zero-order chi connectivity index (χ0) is 39.4. The summed E-state index contributed by atoms with van der Waals surface area (Å²) >= 11 is 0.979. The van der Waals surface area contributed by atoms with Crippen LogP contribution >= 0.6 is 11.3 Å². The molecule has 2 heterocycles. The normalized spacial score (nSPS) is 16.6. The molecule has 1 aliphatic rings. The molecule has 1 aliphatic heterocycles. The molecule has 3 amide bonds. The van der Waals surface area contributed by atoms with Crippen LogP contribution in [0.1, 0.15) is 99.9 Å². The lowest BCUT2D eigenvalue weighted by Gasteiger charge is -2.49. The molecule has 1 unspecified atom stereocenters. The average Bonchev–Trinajstić information content (AvgIpc) is 3.44. The Morgan fingerprint density at radius 2 is 1.40 bits per heavy atom. The predicted molar refractivity (Wildman–Crippen MR) is 193 cm³/mol. The average molecular weight is 746 g/mol. The molecular formula is C36H51N5O10S. The van der Waals surface area contributed by atoms with Gasteiger partial charge in [0.1, 0.15) is 34.1 Å². The van der Waals surface area contributed by atoms with Crippen molar-refractivity contribution in [3.8, 4) is 0 Å². The molecule has 1 fully saturated rings. The van der Waals surface area contributed by atoms with Gasteiger partial charge in [-0.2, -0.15) is 0 Å². The van der Waals surface area contributed by atoms with E-state index < -0.39 is 69.5 Å². The Hall–Kier alpha value is -4.57. The van der Waals surface area contributed by atoms with E-state index in [1.54, 1.807) is 93.5 Å². The Balaban J connectivity index is 1.89. The number of oxime groups is 1. The summed E-state index contributed by atoms with van der Waals surface area (Å²) in [5.41, 5.74) is -4.53. The van der Waals surface area contributed by atoms with E-state index in [4.69, 9.17) is 19.0 Å². The summed E-state index contributed by atoms with van der Waals surface area (Å²) < 4.78 is 16.4. The molecule has 0 spiro atoms. The number of aliphatic hydroxyl groups excluding tert-OH is 1. The standard InChI is InChI=1S/C36H51N5O10S/c1-32(2,3)48-28(45)35(10,11)51-40-25(24-20-52-30(38-24)39-31(47)50-34(7,8)9)26(43)37-23-18-41(27(23)44)36(12,29(46)49-33(4,5)6)17-21-13-15-22(19-42)16-14-21/h13-16,20,23,42H,17-19H2,1-12H3,(H,37,43)(H,38,39,47)/b40-25-/t23-,36?/m0/s1. The Bertz CT molecular complexity index is 1680. The highest BCUT2D eigenvalue weighted by Crippen LogP contribution is 2.31. The van der Waals surface area contributed by atoms with Crippen LogP contribution in [-0.4, -0.2) is 91.1 Å². The van der Waals surface area contributed by atoms with E-state index >= 15 is 0 Å². The highest BCUT2D eigenvalue weighted by atomic mass is 32.1. The number of benzene rings is 1. The van der Waals surface area contributed by atoms with Crippen LogP contribution in [0, 0.1) is 0 Å². The van der Waals surface area contributed by atoms with Crippen molar-refractivity contribution in [3.05, 3.63) is 46.5 Å². The van der Waals surface area contributed by atoms with Crippen molar-refractivity contribution in [2.24, 2.45) is 5.16 Å². The number of rotatable bonds is 12. The van der Waals surface area contributed by atoms with E-state index in [2.05, 4.69) is 20.8 Å². The number of thiazole rings is 1. The van der Waals surface area contributed by atoms with Gasteiger partial charge in [-0.1, -0.05) is 29.4 Å². The molecule has 0 bridgehead atoms. The van der Waals surface area contributed by atoms with E-state index in [-0.39, 0.29) is 30.4 Å². The van der Waals surface area contributed by atoms with E-state index in [1.165, 1.54) is 24.1 Å². The van der Waals surface area contributed by atoms with Crippen LogP contribution in [0.15, 0.2) is 34.8 Å². The lowest BCUT2D eigenvalue weighted by Crippen LogP contribution is -2.73. The summed E-state index contributed by atoms with van der Waals surface area (Å²) in [7, 11) is 0. The first-order chi connectivity index (χ1) is 23.7. The maximum Gasteiger partial charge on any atom is 0.413 e. The predicted octanol–water partition coefficient (Wildman–Crippen LogP) is 4.49. The molecule has 2 atom stereocenters. The summed E-state index contributed by atoms with van der Waals surface area (Å²) in [4.78, 5) is 77.5. The number of carbonyl (C=O) groups excluding carboxylic acids is 5. The van der Waals surface area contributed by atoms with Crippen LogP contribution in [0.5, 0.6) is 0 Å². The van der Waals surface area contributed by atoms with Crippen LogP contribution in [0.2, 0.25) is 0 Å². The number of amides is 3. The van der Waals surface area contributed by atoms with Gasteiger partial charge in [0.15, 0.2) is 10.8 Å². The number of β-lactam (4-membered cyclic amide) rings is 1. The first-order valence-corrected chi connectivity index (χ1v) is 17.6. The molecule has 3 N–H and O–H groups in total. The summed E-state index contributed by atoms with van der Waals surface area (Å²) in [6.07, 6.45) is -0.664. The fourth-order valence-corrected chi connectivity index (χ4v) is 5.35. The SMILES string of the molecule is CC(C)(C)OC(=O)Nc1nc(/C(=N/OC(C)(C)C(=O)OC(C)(C)C)C(=O)N[C@H]2CN(C(C)(Cc3ccc(CO)cc3)C(=O)OC(C)(C)C)C2=O)cs1. The van der Waals surface area contributed by atoms with Gasteiger partial charge in [0.25, 0.3) is 5.91 Å². The molecule has 2 aromatic rings. The van der Waals surface area contributed by atoms with Gasteiger partial charge in [-0.15, -0.1) is 11.3 Å². The first-order valence-electron chi connectivity index (χ1n) is 16.7. The minimum atomic E-state index is -1.64. The van der Waals surface area contributed by atoms with E-state index in [1.807, 2.05) is 0 Å². The molecule has 16 heteroatoms. The lowest BCUT2D eigenvalue weighted by atomic mass is 9.86. The molecule has 1 saturated heterocycles.